The van der Waals surface area contributed by atoms with Gasteiger partial charge in [-0.05, 0) is 52.9 Å². The van der Waals surface area contributed by atoms with E-state index in [0.717, 1.165) is 16.8 Å². The van der Waals surface area contributed by atoms with Crippen molar-refractivity contribution in [2.24, 2.45) is 0 Å². The first-order valence-electron chi connectivity index (χ1n) is 15.8. The first-order chi connectivity index (χ1) is 22.7. The van der Waals surface area contributed by atoms with E-state index < -0.39 is 22.1 Å². The number of amides is 2. The Kier molecular flexibility index (Phi) is 10.1. The van der Waals surface area contributed by atoms with Crippen molar-refractivity contribution in [3.05, 3.63) is 130 Å². The van der Waals surface area contributed by atoms with Crippen LogP contribution in [0.2, 0.25) is 5.02 Å². The number of fused-ring (bicyclic) bond motifs is 1. The summed E-state index contributed by atoms with van der Waals surface area (Å²) in [5.74, 6) is -0.489. The molecule has 0 aliphatic carbocycles. The van der Waals surface area contributed by atoms with Crippen LogP contribution in [0.15, 0.2) is 103 Å². The highest BCUT2D eigenvalue weighted by atomic mass is 35.5. The number of carbonyl (C=O) groups is 2. The van der Waals surface area contributed by atoms with E-state index in [0.29, 0.717) is 61.8 Å². The molecule has 1 fully saturated rings. The van der Waals surface area contributed by atoms with Crippen LogP contribution in [0.4, 0.5) is 11.4 Å². The van der Waals surface area contributed by atoms with Gasteiger partial charge in [0.05, 0.1) is 23.2 Å². The number of carbonyl (C=O) groups excluding carboxylic acids is 2. The third kappa shape index (κ3) is 8.32. The van der Waals surface area contributed by atoms with Gasteiger partial charge in [-0.15, -0.1) is 0 Å². The van der Waals surface area contributed by atoms with Gasteiger partial charge in [0.25, 0.3) is 0 Å². The molecule has 0 unspecified atom stereocenters. The summed E-state index contributed by atoms with van der Waals surface area (Å²) in [5, 5.41) is 6.98. The molecule has 0 radical (unpaired) electrons. The molecule has 0 saturated carbocycles. The van der Waals surface area contributed by atoms with E-state index in [1.54, 1.807) is 41.3 Å². The molecule has 2 amide bonds. The molecule has 2 heterocycles. The molecule has 244 valence electrons. The van der Waals surface area contributed by atoms with Crippen molar-refractivity contribution in [3.8, 4) is 0 Å². The van der Waals surface area contributed by atoms with E-state index in [1.807, 2.05) is 60.7 Å². The second-order valence-corrected chi connectivity index (χ2v) is 14.1. The molecule has 2 aliphatic heterocycles. The number of nitrogens with one attached hydrogen (secondary N) is 3. The van der Waals surface area contributed by atoms with Crippen LogP contribution >= 0.6 is 11.6 Å². The zero-order valence-electron chi connectivity index (χ0n) is 25.9. The summed E-state index contributed by atoms with van der Waals surface area (Å²) in [4.78, 5) is 31.4. The minimum Gasteiger partial charge on any atom is -0.366 e. The van der Waals surface area contributed by atoms with Crippen LogP contribution in [0.5, 0.6) is 0 Å². The molecule has 2 atom stereocenters. The van der Waals surface area contributed by atoms with E-state index in [4.69, 9.17) is 11.6 Å². The standard InChI is InChI=1S/C36H38ClN5O4S/c37-30-16-14-26(15-17-30)22-33(39-35(43)32-23-28-10-4-5-11-29(28)24-38-32)36(44)42-20-18-41(19-21-42)34-13-7-6-12-31(34)40-47(45,46)25-27-8-2-1-3-9-27/h1-17,32-33,38,40H,18-25H2,(H,39,43)/t32-,33+/m0/s1. The molecule has 6 rings (SSSR count). The molecule has 11 heteroatoms. The molecule has 0 spiro atoms. The van der Waals surface area contributed by atoms with Crippen molar-refractivity contribution < 1.29 is 18.0 Å². The fraction of sp³-hybridized carbons (Fsp3) is 0.278. The fourth-order valence-corrected chi connectivity index (χ4v) is 7.53. The van der Waals surface area contributed by atoms with Gasteiger partial charge in [0, 0.05) is 44.2 Å². The Bertz CT molecular complexity index is 1810. The lowest BCUT2D eigenvalue weighted by molar-refractivity contribution is -0.137. The Morgan fingerprint density at radius 3 is 2.21 bits per heavy atom. The van der Waals surface area contributed by atoms with E-state index in [9.17, 15) is 18.0 Å². The highest BCUT2D eigenvalue weighted by Crippen LogP contribution is 2.28. The van der Waals surface area contributed by atoms with E-state index in [1.165, 1.54) is 5.56 Å². The molecule has 0 bridgehead atoms. The Morgan fingerprint density at radius 2 is 1.47 bits per heavy atom. The average molecular weight is 672 g/mol. The van der Waals surface area contributed by atoms with E-state index >= 15 is 0 Å². The maximum absolute atomic E-state index is 14.0. The summed E-state index contributed by atoms with van der Waals surface area (Å²) in [7, 11) is -3.65. The van der Waals surface area contributed by atoms with Crippen LogP contribution in [-0.4, -0.2) is 63.4 Å². The summed E-state index contributed by atoms with van der Waals surface area (Å²) in [5.41, 5.74) is 5.15. The molecule has 4 aromatic carbocycles. The fourth-order valence-electron chi connectivity index (χ4n) is 6.19. The summed E-state index contributed by atoms with van der Waals surface area (Å²) < 4.78 is 28.8. The maximum Gasteiger partial charge on any atom is 0.245 e. The second-order valence-electron chi connectivity index (χ2n) is 12.0. The first-order valence-corrected chi connectivity index (χ1v) is 17.8. The smallest absolute Gasteiger partial charge is 0.245 e. The molecule has 0 aromatic heterocycles. The van der Waals surface area contributed by atoms with Crippen LogP contribution in [0.1, 0.15) is 22.3 Å². The van der Waals surface area contributed by atoms with E-state index in [-0.39, 0.29) is 17.6 Å². The summed E-state index contributed by atoms with van der Waals surface area (Å²) in [6.45, 7) is 2.45. The second kappa shape index (κ2) is 14.6. The third-order valence-electron chi connectivity index (χ3n) is 8.67. The van der Waals surface area contributed by atoms with Gasteiger partial charge in [-0.3, -0.25) is 14.3 Å². The molecule has 3 N–H and O–H groups in total. The van der Waals surface area contributed by atoms with Gasteiger partial charge in [-0.2, -0.15) is 0 Å². The minimum absolute atomic E-state index is 0.131. The molecule has 9 nitrogen and oxygen atoms in total. The number of halogens is 1. The summed E-state index contributed by atoms with van der Waals surface area (Å²) in [6.07, 6.45) is 0.883. The van der Waals surface area contributed by atoms with Crippen molar-refractivity contribution >= 4 is 44.8 Å². The number of piperazine rings is 1. The Balaban J connectivity index is 1.12. The highest BCUT2D eigenvalue weighted by Gasteiger charge is 2.32. The van der Waals surface area contributed by atoms with Gasteiger partial charge in [-0.1, -0.05) is 90.5 Å². The van der Waals surface area contributed by atoms with Gasteiger partial charge in [0.15, 0.2) is 0 Å². The quantitative estimate of drug-likeness (QED) is 0.231. The number of rotatable bonds is 10. The monoisotopic (exact) mass is 671 g/mol. The van der Waals surface area contributed by atoms with Crippen molar-refractivity contribution in [2.45, 2.75) is 37.2 Å². The van der Waals surface area contributed by atoms with Gasteiger partial charge in [-0.25, -0.2) is 8.42 Å². The van der Waals surface area contributed by atoms with Crippen molar-refractivity contribution in [2.75, 3.05) is 35.8 Å². The molecular weight excluding hydrogens is 634 g/mol. The normalized spacial score (nSPS) is 17.0. The van der Waals surface area contributed by atoms with Crippen LogP contribution in [0, 0.1) is 0 Å². The lowest BCUT2D eigenvalue weighted by Crippen LogP contribution is -2.58. The van der Waals surface area contributed by atoms with Crippen LogP contribution in [-0.2, 0) is 44.8 Å². The summed E-state index contributed by atoms with van der Waals surface area (Å²) >= 11 is 6.11. The predicted octanol–water partition coefficient (Wildman–Crippen LogP) is 4.37. The number of benzene rings is 4. The highest BCUT2D eigenvalue weighted by molar-refractivity contribution is 7.91. The number of hydrogen-bond acceptors (Lipinski definition) is 6. The lowest BCUT2D eigenvalue weighted by atomic mass is 9.95. The van der Waals surface area contributed by atoms with Crippen LogP contribution in [0.25, 0.3) is 0 Å². The van der Waals surface area contributed by atoms with Crippen molar-refractivity contribution in [1.29, 1.82) is 0 Å². The Morgan fingerprint density at radius 1 is 0.809 bits per heavy atom. The molecule has 4 aromatic rings. The van der Waals surface area contributed by atoms with Gasteiger partial charge in [0.1, 0.15) is 6.04 Å². The van der Waals surface area contributed by atoms with Gasteiger partial charge < -0.3 is 20.4 Å². The number of anilines is 2. The first kappa shape index (κ1) is 32.6. The van der Waals surface area contributed by atoms with Gasteiger partial charge >= 0.3 is 0 Å². The van der Waals surface area contributed by atoms with Crippen molar-refractivity contribution in [3.63, 3.8) is 0 Å². The molecular formula is C36H38ClN5O4S. The van der Waals surface area contributed by atoms with Crippen LogP contribution in [0.3, 0.4) is 0 Å². The topological polar surface area (TPSA) is 111 Å². The SMILES string of the molecule is O=C(N[C@H](Cc1ccc(Cl)cc1)C(=O)N1CCN(c2ccccc2NS(=O)(=O)Cc2ccccc2)CC1)[C@@H]1Cc2ccccc2CN1. The minimum atomic E-state index is -3.65. The zero-order chi connectivity index (χ0) is 32.8. The zero-order valence-corrected chi connectivity index (χ0v) is 27.5. The number of para-hydroxylation sites is 2. The predicted molar refractivity (Wildman–Crippen MR) is 186 cm³/mol. The number of sulfonamides is 1. The van der Waals surface area contributed by atoms with E-state index in [2.05, 4.69) is 26.3 Å². The Labute approximate surface area is 281 Å². The summed E-state index contributed by atoms with van der Waals surface area (Å²) in [6, 6.07) is 30.5. The van der Waals surface area contributed by atoms with Crippen LogP contribution < -0.4 is 20.3 Å². The van der Waals surface area contributed by atoms with Crippen molar-refractivity contribution in [1.82, 2.24) is 15.5 Å². The number of nitrogens with zero attached hydrogens (tertiary/aromatic N) is 2. The average Bonchev–Trinajstić information content (AvgIpc) is 3.08. The third-order valence-corrected chi connectivity index (χ3v) is 10.2. The maximum atomic E-state index is 14.0. The Hall–Kier alpha value is -4.38. The largest absolute Gasteiger partial charge is 0.366 e. The molecule has 2 aliphatic rings. The molecule has 47 heavy (non-hydrogen) atoms. The molecule has 1 saturated heterocycles. The lowest BCUT2D eigenvalue weighted by Gasteiger charge is -2.38. The van der Waals surface area contributed by atoms with Gasteiger partial charge in [0.2, 0.25) is 21.8 Å². The number of hydrogen-bond donors (Lipinski definition) is 3.